The number of carbonyl (C=O) groups excluding carboxylic acids is 1. The van der Waals surface area contributed by atoms with Crippen molar-refractivity contribution < 1.29 is 14.5 Å². The highest BCUT2D eigenvalue weighted by atomic mass is 79.9. The van der Waals surface area contributed by atoms with Gasteiger partial charge < -0.3 is 4.74 Å². The average Bonchev–Trinajstić information content (AvgIpc) is 2.84. The van der Waals surface area contributed by atoms with E-state index >= 15 is 0 Å². The molecule has 0 saturated carbocycles. The third kappa shape index (κ3) is 3.43. The number of rotatable bonds is 5. The zero-order chi connectivity index (χ0) is 14.7. The normalized spacial score (nSPS) is 10.3. The highest BCUT2D eigenvalue weighted by molar-refractivity contribution is 9.10. The number of ether oxygens (including phenoxy) is 1. The van der Waals surface area contributed by atoms with Gasteiger partial charge in [0.2, 0.25) is 5.78 Å². The Labute approximate surface area is 127 Å². The molecule has 0 amide bonds. The molecule has 0 spiro atoms. The maximum absolute atomic E-state index is 11.9. The van der Waals surface area contributed by atoms with E-state index in [9.17, 15) is 14.9 Å². The molecule has 104 valence electrons. The number of hydrogen-bond donors (Lipinski definition) is 0. The number of hydrogen-bond acceptors (Lipinski definition) is 5. The fourth-order valence-electron chi connectivity index (χ4n) is 1.52. The van der Waals surface area contributed by atoms with Gasteiger partial charge in [-0.3, -0.25) is 14.9 Å². The Kier molecular flexibility index (Phi) is 4.51. The molecule has 5 nitrogen and oxygen atoms in total. The molecule has 1 aromatic heterocycles. The van der Waals surface area contributed by atoms with Gasteiger partial charge in [0.05, 0.1) is 20.3 Å². The Morgan fingerprint density at radius 1 is 1.40 bits per heavy atom. The van der Waals surface area contributed by atoms with Gasteiger partial charge in [0.25, 0.3) is 5.69 Å². The number of thiophene rings is 1. The topological polar surface area (TPSA) is 69.4 Å². The van der Waals surface area contributed by atoms with Crippen molar-refractivity contribution in [1.82, 2.24) is 0 Å². The van der Waals surface area contributed by atoms with Crippen LogP contribution in [-0.4, -0.2) is 17.3 Å². The molecule has 0 saturated heterocycles. The van der Waals surface area contributed by atoms with Crippen LogP contribution in [0.15, 0.2) is 34.8 Å². The summed E-state index contributed by atoms with van der Waals surface area (Å²) in [5, 5.41) is 10.7. The van der Waals surface area contributed by atoms with Crippen molar-refractivity contribution in [3.63, 3.8) is 0 Å². The number of benzene rings is 1. The molecule has 0 fully saturated rings. The molecule has 2 rings (SSSR count). The zero-order valence-corrected chi connectivity index (χ0v) is 12.9. The van der Waals surface area contributed by atoms with Crippen LogP contribution in [0.3, 0.4) is 0 Å². The Hall–Kier alpha value is -1.73. The number of Topliss-reactive ketones (excluding diaryl/α,β-unsaturated/α-hetero) is 1. The number of nitrogens with zero attached hydrogens (tertiary/aromatic N) is 1. The molecule has 0 aliphatic rings. The van der Waals surface area contributed by atoms with Crippen LogP contribution in [0.1, 0.15) is 14.5 Å². The molecule has 0 unspecified atom stereocenters. The highest BCUT2D eigenvalue weighted by Crippen LogP contribution is 2.29. The SMILES string of the molecule is Cc1ccc(C(=O)COc2cc([N+](=O)[O-])ccc2Br)s1. The fourth-order valence-corrected chi connectivity index (χ4v) is 2.67. The summed E-state index contributed by atoms with van der Waals surface area (Å²) < 4.78 is 5.93. The lowest BCUT2D eigenvalue weighted by atomic mass is 10.3. The van der Waals surface area contributed by atoms with Gasteiger partial charge in [0, 0.05) is 10.9 Å². The van der Waals surface area contributed by atoms with E-state index in [0.29, 0.717) is 9.35 Å². The smallest absolute Gasteiger partial charge is 0.273 e. The molecule has 1 aromatic carbocycles. The van der Waals surface area contributed by atoms with Crippen molar-refractivity contribution in [2.75, 3.05) is 6.61 Å². The fraction of sp³-hybridized carbons (Fsp3) is 0.154. The van der Waals surface area contributed by atoms with Crippen molar-refractivity contribution in [2.24, 2.45) is 0 Å². The van der Waals surface area contributed by atoms with E-state index in [2.05, 4.69) is 15.9 Å². The monoisotopic (exact) mass is 355 g/mol. The first-order valence-corrected chi connectivity index (χ1v) is 7.24. The van der Waals surface area contributed by atoms with Crippen LogP contribution < -0.4 is 4.74 Å². The van der Waals surface area contributed by atoms with Crippen LogP contribution in [0.5, 0.6) is 5.75 Å². The van der Waals surface area contributed by atoms with E-state index in [1.54, 1.807) is 6.07 Å². The Morgan fingerprint density at radius 2 is 2.15 bits per heavy atom. The van der Waals surface area contributed by atoms with Crippen molar-refractivity contribution in [3.8, 4) is 5.75 Å². The molecular weight excluding hydrogens is 346 g/mol. The predicted octanol–water partition coefficient (Wildman–Crippen LogP) is 3.99. The summed E-state index contributed by atoms with van der Waals surface area (Å²) in [6.45, 7) is 1.76. The first-order valence-electron chi connectivity index (χ1n) is 5.64. The largest absolute Gasteiger partial charge is 0.484 e. The molecule has 0 aliphatic heterocycles. The first-order chi connectivity index (χ1) is 9.47. The highest BCUT2D eigenvalue weighted by Gasteiger charge is 2.13. The molecule has 0 aliphatic carbocycles. The average molecular weight is 356 g/mol. The number of non-ortho nitro benzene ring substituents is 1. The summed E-state index contributed by atoms with van der Waals surface area (Å²) in [6.07, 6.45) is 0. The minimum Gasteiger partial charge on any atom is -0.484 e. The van der Waals surface area contributed by atoms with Gasteiger partial charge in [-0.2, -0.15) is 0 Å². The molecule has 0 atom stereocenters. The van der Waals surface area contributed by atoms with Crippen LogP contribution >= 0.6 is 27.3 Å². The van der Waals surface area contributed by atoms with Crippen LogP contribution in [0.25, 0.3) is 0 Å². The van der Waals surface area contributed by atoms with E-state index in [1.165, 1.54) is 29.5 Å². The Balaban J connectivity index is 2.09. The van der Waals surface area contributed by atoms with E-state index in [-0.39, 0.29) is 23.8 Å². The number of ketones is 1. The second-order valence-electron chi connectivity index (χ2n) is 3.99. The van der Waals surface area contributed by atoms with Crippen molar-refractivity contribution >= 4 is 38.7 Å². The van der Waals surface area contributed by atoms with E-state index in [0.717, 1.165) is 4.88 Å². The van der Waals surface area contributed by atoms with Crippen molar-refractivity contribution in [2.45, 2.75) is 6.92 Å². The van der Waals surface area contributed by atoms with E-state index in [1.807, 2.05) is 13.0 Å². The van der Waals surface area contributed by atoms with Gasteiger partial charge in [-0.05, 0) is 41.1 Å². The molecule has 0 N–H and O–H groups in total. The van der Waals surface area contributed by atoms with Gasteiger partial charge in [-0.1, -0.05) is 0 Å². The molecular formula is C13H10BrNO4S. The summed E-state index contributed by atoms with van der Waals surface area (Å²) in [5.74, 6) is 0.127. The minimum absolute atomic E-state index is 0.0809. The van der Waals surface area contributed by atoms with E-state index in [4.69, 9.17) is 4.74 Å². The minimum atomic E-state index is -0.510. The molecule has 0 radical (unpaired) electrons. The third-order valence-electron chi connectivity index (χ3n) is 2.50. The number of aryl methyl sites for hydroxylation is 1. The van der Waals surface area contributed by atoms with Gasteiger partial charge >= 0.3 is 0 Å². The summed E-state index contributed by atoms with van der Waals surface area (Å²) in [4.78, 5) is 23.7. The number of nitro groups is 1. The van der Waals surface area contributed by atoms with Gasteiger partial charge in [0.1, 0.15) is 5.75 Å². The van der Waals surface area contributed by atoms with E-state index < -0.39 is 4.92 Å². The lowest BCUT2D eigenvalue weighted by molar-refractivity contribution is -0.384. The van der Waals surface area contributed by atoms with Crippen LogP contribution in [0.4, 0.5) is 5.69 Å². The number of nitro benzene ring substituents is 1. The Morgan fingerprint density at radius 3 is 2.75 bits per heavy atom. The second-order valence-corrected chi connectivity index (χ2v) is 6.14. The van der Waals surface area contributed by atoms with Crippen LogP contribution in [0, 0.1) is 17.0 Å². The Bertz CT molecular complexity index is 668. The first kappa shape index (κ1) is 14.7. The van der Waals surface area contributed by atoms with Gasteiger partial charge in [-0.15, -0.1) is 11.3 Å². The molecule has 2 aromatic rings. The van der Waals surface area contributed by atoms with Crippen molar-refractivity contribution in [1.29, 1.82) is 0 Å². The maximum Gasteiger partial charge on any atom is 0.273 e. The van der Waals surface area contributed by atoms with Gasteiger partial charge in [-0.25, -0.2) is 0 Å². The van der Waals surface area contributed by atoms with Crippen LogP contribution in [0.2, 0.25) is 0 Å². The number of carbonyl (C=O) groups is 1. The molecule has 7 heteroatoms. The summed E-state index contributed by atoms with van der Waals surface area (Å²) in [7, 11) is 0. The molecule has 0 bridgehead atoms. The predicted molar refractivity (Wildman–Crippen MR) is 79.7 cm³/mol. The lowest BCUT2D eigenvalue weighted by Crippen LogP contribution is -2.10. The summed E-state index contributed by atoms with van der Waals surface area (Å²) in [5.41, 5.74) is -0.0809. The zero-order valence-electron chi connectivity index (χ0n) is 10.5. The maximum atomic E-state index is 11.9. The van der Waals surface area contributed by atoms with Crippen LogP contribution in [-0.2, 0) is 0 Å². The number of halogens is 1. The molecule has 1 heterocycles. The summed E-state index contributed by atoms with van der Waals surface area (Å²) >= 11 is 4.63. The lowest BCUT2D eigenvalue weighted by Gasteiger charge is -2.06. The quantitative estimate of drug-likeness (QED) is 0.461. The summed E-state index contributed by atoms with van der Waals surface area (Å²) in [6, 6.07) is 7.78. The third-order valence-corrected chi connectivity index (χ3v) is 4.20. The molecule has 20 heavy (non-hydrogen) atoms. The van der Waals surface area contributed by atoms with Gasteiger partial charge in [0.15, 0.2) is 6.61 Å². The second kappa shape index (κ2) is 6.15. The standard InChI is InChI=1S/C13H10BrNO4S/c1-8-2-5-13(20-8)11(16)7-19-12-6-9(15(17)18)3-4-10(12)14/h2-6H,7H2,1H3. The van der Waals surface area contributed by atoms with Crippen molar-refractivity contribution in [3.05, 3.63) is 54.7 Å².